The molecule has 0 saturated carbocycles. The Morgan fingerprint density at radius 3 is 2.20 bits per heavy atom. The summed E-state index contributed by atoms with van der Waals surface area (Å²) in [6.07, 6.45) is 0. The van der Waals surface area contributed by atoms with Crippen molar-refractivity contribution in [3.05, 3.63) is 58.1 Å². The highest BCUT2D eigenvalue weighted by Gasteiger charge is 2.14. The summed E-state index contributed by atoms with van der Waals surface area (Å²) in [6, 6.07) is 11.7. The number of benzene rings is 2. The third kappa shape index (κ3) is 5.37. The highest BCUT2D eigenvalue weighted by molar-refractivity contribution is 6.35. The van der Waals surface area contributed by atoms with E-state index in [1.54, 1.807) is 49.6 Å². The summed E-state index contributed by atoms with van der Waals surface area (Å²) < 4.78 is 5.06. The summed E-state index contributed by atoms with van der Waals surface area (Å²) in [5, 5.41) is 3.66. The van der Waals surface area contributed by atoms with Crippen molar-refractivity contribution in [1.82, 2.24) is 5.32 Å². The van der Waals surface area contributed by atoms with E-state index in [0.29, 0.717) is 33.6 Å². The Bertz CT molecular complexity index is 743. The molecule has 2 aromatic carbocycles. The van der Waals surface area contributed by atoms with E-state index in [9.17, 15) is 9.59 Å². The quantitative estimate of drug-likeness (QED) is 0.829. The maximum absolute atomic E-state index is 12.1. The van der Waals surface area contributed by atoms with Crippen molar-refractivity contribution in [3.63, 3.8) is 0 Å². The topological polar surface area (TPSA) is 58.6 Å². The standard InChI is InChI=1S/C18H18Cl2N2O3/c1-12(23)22(16-10-14(19)9-15(20)11-16)8-7-21-18(24)13-3-5-17(25-2)6-4-13/h3-6,9-11H,7-8H2,1-2H3,(H,21,24). The molecule has 132 valence electrons. The lowest BCUT2D eigenvalue weighted by molar-refractivity contribution is -0.116. The molecule has 2 rings (SSSR count). The third-order valence-electron chi connectivity index (χ3n) is 3.51. The van der Waals surface area contributed by atoms with E-state index in [1.165, 1.54) is 11.8 Å². The summed E-state index contributed by atoms with van der Waals surface area (Å²) in [6.45, 7) is 2.03. The maximum atomic E-state index is 12.1. The summed E-state index contributed by atoms with van der Waals surface area (Å²) in [4.78, 5) is 25.5. The summed E-state index contributed by atoms with van der Waals surface area (Å²) >= 11 is 12.0. The molecule has 0 saturated heterocycles. The first-order valence-corrected chi connectivity index (χ1v) is 8.32. The second kappa shape index (κ2) is 8.74. The fourth-order valence-corrected chi connectivity index (χ4v) is 2.80. The number of anilines is 1. The smallest absolute Gasteiger partial charge is 0.251 e. The first kappa shape index (κ1) is 19.1. The molecule has 25 heavy (non-hydrogen) atoms. The largest absolute Gasteiger partial charge is 0.497 e. The average Bonchev–Trinajstić information content (AvgIpc) is 2.57. The van der Waals surface area contributed by atoms with Gasteiger partial charge in [0.05, 0.1) is 7.11 Å². The van der Waals surface area contributed by atoms with Crippen LogP contribution in [0.2, 0.25) is 10.0 Å². The van der Waals surface area contributed by atoms with Gasteiger partial charge in [0.15, 0.2) is 0 Å². The van der Waals surface area contributed by atoms with Gasteiger partial charge in [-0.1, -0.05) is 23.2 Å². The van der Waals surface area contributed by atoms with Crippen LogP contribution in [0.5, 0.6) is 5.75 Å². The number of carbonyl (C=O) groups is 2. The molecule has 0 heterocycles. The summed E-state index contributed by atoms with van der Waals surface area (Å²) in [7, 11) is 1.56. The Kier molecular flexibility index (Phi) is 6.67. The molecule has 0 fully saturated rings. The monoisotopic (exact) mass is 380 g/mol. The van der Waals surface area contributed by atoms with Gasteiger partial charge in [0.25, 0.3) is 5.91 Å². The fraction of sp³-hybridized carbons (Fsp3) is 0.222. The first-order valence-electron chi connectivity index (χ1n) is 7.57. The SMILES string of the molecule is COc1ccc(C(=O)NCCN(C(C)=O)c2cc(Cl)cc(Cl)c2)cc1. The van der Waals surface area contributed by atoms with Crippen LogP contribution in [0.4, 0.5) is 5.69 Å². The Labute approximate surface area is 156 Å². The molecular weight excluding hydrogens is 363 g/mol. The Morgan fingerprint density at radius 1 is 1.08 bits per heavy atom. The predicted octanol–water partition coefficient (Wildman–Crippen LogP) is 3.78. The van der Waals surface area contributed by atoms with Gasteiger partial charge in [-0.3, -0.25) is 9.59 Å². The number of nitrogens with one attached hydrogen (secondary N) is 1. The van der Waals surface area contributed by atoms with Gasteiger partial charge in [0.1, 0.15) is 5.75 Å². The van der Waals surface area contributed by atoms with E-state index in [2.05, 4.69) is 5.32 Å². The summed E-state index contributed by atoms with van der Waals surface area (Å²) in [5.41, 5.74) is 1.10. The second-order valence-electron chi connectivity index (χ2n) is 5.28. The number of hydrogen-bond acceptors (Lipinski definition) is 3. The molecule has 0 atom stereocenters. The Hall–Kier alpha value is -2.24. The van der Waals surface area contributed by atoms with Crippen molar-refractivity contribution in [1.29, 1.82) is 0 Å². The molecule has 0 radical (unpaired) electrons. The van der Waals surface area contributed by atoms with E-state index in [0.717, 1.165) is 0 Å². The van der Waals surface area contributed by atoms with Crippen molar-refractivity contribution in [3.8, 4) is 5.75 Å². The van der Waals surface area contributed by atoms with E-state index in [-0.39, 0.29) is 18.4 Å². The van der Waals surface area contributed by atoms with Gasteiger partial charge in [0.2, 0.25) is 5.91 Å². The normalized spacial score (nSPS) is 10.2. The molecular formula is C18H18Cl2N2O3. The Balaban J connectivity index is 1.99. The zero-order chi connectivity index (χ0) is 18.4. The van der Waals surface area contributed by atoms with Crippen LogP contribution in [0.15, 0.2) is 42.5 Å². The maximum Gasteiger partial charge on any atom is 0.251 e. The number of rotatable bonds is 6. The molecule has 0 spiro atoms. The van der Waals surface area contributed by atoms with Crippen molar-refractivity contribution in [2.75, 3.05) is 25.1 Å². The number of carbonyl (C=O) groups excluding carboxylic acids is 2. The van der Waals surface area contributed by atoms with Crippen LogP contribution in [0.25, 0.3) is 0 Å². The van der Waals surface area contributed by atoms with Crippen LogP contribution < -0.4 is 15.0 Å². The minimum Gasteiger partial charge on any atom is -0.497 e. The lowest BCUT2D eigenvalue weighted by Crippen LogP contribution is -2.37. The van der Waals surface area contributed by atoms with Gasteiger partial charge in [-0.15, -0.1) is 0 Å². The zero-order valence-corrected chi connectivity index (χ0v) is 15.4. The van der Waals surface area contributed by atoms with Gasteiger partial charge in [0, 0.05) is 41.3 Å². The van der Waals surface area contributed by atoms with Crippen LogP contribution in [0, 0.1) is 0 Å². The lowest BCUT2D eigenvalue weighted by atomic mass is 10.2. The van der Waals surface area contributed by atoms with Gasteiger partial charge in [-0.2, -0.15) is 0 Å². The highest BCUT2D eigenvalue weighted by Crippen LogP contribution is 2.25. The van der Waals surface area contributed by atoms with E-state index in [4.69, 9.17) is 27.9 Å². The molecule has 0 unspecified atom stereocenters. The molecule has 0 aliphatic rings. The van der Waals surface area contributed by atoms with Crippen LogP contribution in [0.3, 0.4) is 0 Å². The zero-order valence-electron chi connectivity index (χ0n) is 13.9. The molecule has 0 aliphatic carbocycles. The van der Waals surface area contributed by atoms with E-state index < -0.39 is 0 Å². The fourth-order valence-electron chi connectivity index (χ4n) is 2.29. The number of methoxy groups -OCH3 is 1. The van der Waals surface area contributed by atoms with Gasteiger partial charge >= 0.3 is 0 Å². The third-order valence-corrected chi connectivity index (χ3v) is 3.95. The predicted molar refractivity (Wildman–Crippen MR) is 99.8 cm³/mol. The average molecular weight is 381 g/mol. The molecule has 5 nitrogen and oxygen atoms in total. The van der Waals surface area contributed by atoms with Crippen molar-refractivity contribution in [2.24, 2.45) is 0 Å². The number of nitrogens with zero attached hydrogens (tertiary/aromatic N) is 1. The van der Waals surface area contributed by atoms with Crippen LogP contribution >= 0.6 is 23.2 Å². The minimum atomic E-state index is -0.227. The highest BCUT2D eigenvalue weighted by atomic mass is 35.5. The molecule has 2 amide bonds. The molecule has 0 bridgehead atoms. The van der Waals surface area contributed by atoms with Crippen molar-refractivity contribution < 1.29 is 14.3 Å². The first-order chi connectivity index (χ1) is 11.9. The number of ether oxygens (including phenoxy) is 1. The van der Waals surface area contributed by atoms with Gasteiger partial charge < -0.3 is 15.0 Å². The van der Waals surface area contributed by atoms with E-state index >= 15 is 0 Å². The number of amides is 2. The lowest BCUT2D eigenvalue weighted by Gasteiger charge is -2.22. The molecule has 1 N–H and O–H groups in total. The molecule has 0 aliphatic heterocycles. The van der Waals surface area contributed by atoms with E-state index in [1.807, 2.05) is 0 Å². The second-order valence-corrected chi connectivity index (χ2v) is 6.16. The molecule has 2 aromatic rings. The van der Waals surface area contributed by atoms with Crippen LogP contribution in [0.1, 0.15) is 17.3 Å². The summed E-state index contributed by atoms with van der Waals surface area (Å²) in [5.74, 6) is 0.282. The minimum absolute atomic E-state index is 0.169. The van der Waals surface area contributed by atoms with Gasteiger partial charge in [-0.05, 0) is 42.5 Å². The van der Waals surface area contributed by atoms with Crippen LogP contribution in [-0.4, -0.2) is 32.0 Å². The van der Waals surface area contributed by atoms with Crippen molar-refractivity contribution >= 4 is 40.7 Å². The number of halogens is 2. The molecule has 0 aromatic heterocycles. The number of hydrogen-bond donors (Lipinski definition) is 1. The molecule has 7 heteroatoms. The van der Waals surface area contributed by atoms with Gasteiger partial charge in [-0.25, -0.2) is 0 Å². The Morgan fingerprint density at radius 2 is 1.68 bits per heavy atom. The van der Waals surface area contributed by atoms with Crippen molar-refractivity contribution in [2.45, 2.75) is 6.92 Å². The van der Waals surface area contributed by atoms with Crippen LogP contribution in [-0.2, 0) is 4.79 Å².